The van der Waals surface area contributed by atoms with E-state index in [0.29, 0.717) is 13.0 Å². The van der Waals surface area contributed by atoms with Gasteiger partial charge in [-0.25, -0.2) is 0 Å². The lowest BCUT2D eigenvalue weighted by Crippen LogP contribution is -2.54. The number of rotatable bonds is 2. The highest BCUT2D eigenvalue weighted by Crippen LogP contribution is 2.33. The molecule has 0 radical (unpaired) electrons. The van der Waals surface area contributed by atoms with Crippen LogP contribution in [-0.2, 0) is 4.79 Å². The van der Waals surface area contributed by atoms with Crippen LogP contribution in [0, 0.1) is 5.92 Å². The first kappa shape index (κ1) is 16.3. The van der Waals surface area contributed by atoms with Gasteiger partial charge in [0, 0.05) is 12.1 Å². The predicted molar refractivity (Wildman–Crippen MR) is 67.7 cm³/mol. The Hall–Kier alpha value is -0.780. The molecule has 2 atom stereocenters. The van der Waals surface area contributed by atoms with Gasteiger partial charge in [0.25, 0.3) is 0 Å². The lowest BCUT2D eigenvalue weighted by atomic mass is 9.96. The van der Waals surface area contributed by atoms with Crippen LogP contribution >= 0.6 is 0 Å². The molecule has 6 heteroatoms. The van der Waals surface area contributed by atoms with E-state index in [1.807, 2.05) is 20.8 Å². The van der Waals surface area contributed by atoms with Gasteiger partial charge in [-0.2, -0.15) is 13.2 Å². The fourth-order valence-electron chi connectivity index (χ4n) is 2.27. The van der Waals surface area contributed by atoms with Crippen molar-refractivity contribution in [1.29, 1.82) is 0 Å². The van der Waals surface area contributed by atoms with Gasteiger partial charge in [-0.3, -0.25) is 9.69 Å². The van der Waals surface area contributed by atoms with Gasteiger partial charge in [-0.1, -0.05) is 0 Å². The molecule has 0 aromatic heterocycles. The zero-order valence-electron chi connectivity index (χ0n) is 12.0. The van der Waals surface area contributed by atoms with E-state index in [2.05, 4.69) is 5.32 Å². The second-order valence-electron chi connectivity index (χ2n) is 6.29. The number of likely N-dealkylation sites (tertiary alicyclic amines) is 1. The highest BCUT2D eigenvalue weighted by Gasteiger charge is 2.43. The number of hydrogen-bond acceptors (Lipinski definition) is 2. The summed E-state index contributed by atoms with van der Waals surface area (Å²) in [5.41, 5.74) is -0.370. The summed E-state index contributed by atoms with van der Waals surface area (Å²) in [6.07, 6.45) is -3.52. The minimum atomic E-state index is -4.17. The van der Waals surface area contributed by atoms with Crippen LogP contribution in [0.15, 0.2) is 0 Å². The Bertz CT molecular complexity index is 323. The standard InChI is InChI=1S/C13H23F3N2O/c1-9(11(19)17-12(2,3)4)18-7-5-6-10(8-18)13(14,15)16/h9-10H,5-8H2,1-4H3,(H,17,19)/t9-,10-/m0/s1. The monoisotopic (exact) mass is 280 g/mol. The van der Waals surface area contributed by atoms with Gasteiger partial charge in [0.2, 0.25) is 5.91 Å². The van der Waals surface area contributed by atoms with Crippen LogP contribution in [0.25, 0.3) is 0 Å². The number of halogens is 3. The summed E-state index contributed by atoms with van der Waals surface area (Å²) in [6.45, 7) is 7.69. The molecule has 1 N–H and O–H groups in total. The number of amides is 1. The second kappa shape index (κ2) is 5.69. The third-order valence-corrected chi connectivity index (χ3v) is 3.34. The molecule has 1 aliphatic heterocycles. The van der Waals surface area contributed by atoms with Crippen LogP contribution in [0.3, 0.4) is 0 Å². The third kappa shape index (κ3) is 5.01. The fourth-order valence-corrected chi connectivity index (χ4v) is 2.27. The van der Waals surface area contributed by atoms with E-state index in [0.717, 1.165) is 0 Å². The van der Waals surface area contributed by atoms with Crippen molar-refractivity contribution in [2.45, 2.75) is 58.3 Å². The van der Waals surface area contributed by atoms with E-state index >= 15 is 0 Å². The number of carbonyl (C=O) groups is 1. The van der Waals surface area contributed by atoms with Crippen LogP contribution < -0.4 is 5.32 Å². The van der Waals surface area contributed by atoms with Crippen LogP contribution in [-0.4, -0.2) is 41.7 Å². The van der Waals surface area contributed by atoms with Gasteiger partial charge in [-0.15, -0.1) is 0 Å². The van der Waals surface area contributed by atoms with E-state index < -0.39 is 18.1 Å². The fraction of sp³-hybridized carbons (Fsp3) is 0.923. The molecule has 19 heavy (non-hydrogen) atoms. The Morgan fingerprint density at radius 1 is 1.32 bits per heavy atom. The average Bonchev–Trinajstić information content (AvgIpc) is 2.24. The molecule has 112 valence electrons. The van der Waals surface area contributed by atoms with Crippen molar-refractivity contribution >= 4 is 5.91 Å². The summed E-state index contributed by atoms with van der Waals surface area (Å²) in [4.78, 5) is 13.6. The predicted octanol–water partition coefficient (Wildman–Crippen LogP) is 2.56. The SMILES string of the molecule is C[C@@H](C(=O)NC(C)(C)C)N1CCC[C@H](C(F)(F)F)C1. The molecule has 1 rings (SSSR count). The van der Waals surface area contributed by atoms with Crippen molar-refractivity contribution in [3.05, 3.63) is 0 Å². The summed E-state index contributed by atoms with van der Waals surface area (Å²) < 4.78 is 38.2. The van der Waals surface area contributed by atoms with Gasteiger partial charge >= 0.3 is 6.18 Å². The van der Waals surface area contributed by atoms with E-state index in [4.69, 9.17) is 0 Å². The maximum Gasteiger partial charge on any atom is 0.393 e. The number of carbonyl (C=O) groups excluding carboxylic acids is 1. The smallest absolute Gasteiger partial charge is 0.350 e. The maximum atomic E-state index is 12.7. The van der Waals surface area contributed by atoms with Gasteiger partial charge in [0.15, 0.2) is 0 Å². The molecule has 0 spiro atoms. The molecule has 3 nitrogen and oxygen atoms in total. The van der Waals surface area contributed by atoms with E-state index in [-0.39, 0.29) is 24.4 Å². The molecular weight excluding hydrogens is 257 g/mol. The topological polar surface area (TPSA) is 32.3 Å². The lowest BCUT2D eigenvalue weighted by Gasteiger charge is -2.37. The van der Waals surface area contributed by atoms with Gasteiger partial charge in [0.05, 0.1) is 12.0 Å². The second-order valence-corrected chi connectivity index (χ2v) is 6.29. The normalized spacial score (nSPS) is 24.1. The van der Waals surface area contributed by atoms with E-state index in [1.54, 1.807) is 11.8 Å². The van der Waals surface area contributed by atoms with Crippen molar-refractivity contribution in [3.8, 4) is 0 Å². The number of alkyl halides is 3. The summed E-state index contributed by atoms with van der Waals surface area (Å²) in [5, 5.41) is 2.81. The first-order valence-electron chi connectivity index (χ1n) is 6.63. The van der Waals surface area contributed by atoms with Crippen molar-refractivity contribution in [1.82, 2.24) is 10.2 Å². The molecule has 0 aromatic rings. The summed E-state index contributed by atoms with van der Waals surface area (Å²) in [5.74, 6) is -1.53. The molecule has 1 amide bonds. The Kier molecular flexibility index (Phi) is 4.87. The summed E-state index contributed by atoms with van der Waals surface area (Å²) >= 11 is 0. The van der Waals surface area contributed by atoms with Crippen LogP contribution in [0.1, 0.15) is 40.5 Å². The third-order valence-electron chi connectivity index (χ3n) is 3.34. The number of nitrogens with one attached hydrogen (secondary N) is 1. The van der Waals surface area contributed by atoms with Crippen LogP contribution in [0.2, 0.25) is 0 Å². The van der Waals surface area contributed by atoms with Crippen molar-refractivity contribution in [3.63, 3.8) is 0 Å². The Morgan fingerprint density at radius 2 is 1.89 bits per heavy atom. The first-order valence-corrected chi connectivity index (χ1v) is 6.63. The Labute approximate surface area is 112 Å². The molecule has 0 aliphatic carbocycles. The zero-order chi connectivity index (χ0) is 14.8. The quantitative estimate of drug-likeness (QED) is 0.843. The van der Waals surface area contributed by atoms with Crippen molar-refractivity contribution in [2.75, 3.05) is 13.1 Å². The molecule has 1 aliphatic rings. The Morgan fingerprint density at radius 3 is 2.37 bits per heavy atom. The largest absolute Gasteiger partial charge is 0.393 e. The highest BCUT2D eigenvalue weighted by atomic mass is 19.4. The molecule has 0 bridgehead atoms. The van der Waals surface area contributed by atoms with Gasteiger partial charge < -0.3 is 5.32 Å². The summed E-state index contributed by atoms with van der Waals surface area (Å²) in [7, 11) is 0. The summed E-state index contributed by atoms with van der Waals surface area (Å²) in [6, 6.07) is -0.524. The number of nitrogens with zero attached hydrogens (tertiary/aromatic N) is 1. The number of piperidine rings is 1. The molecule has 0 unspecified atom stereocenters. The molecule has 0 saturated carbocycles. The highest BCUT2D eigenvalue weighted by molar-refractivity contribution is 5.81. The minimum Gasteiger partial charge on any atom is -0.350 e. The minimum absolute atomic E-state index is 0.0811. The maximum absolute atomic E-state index is 12.7. The van der Waals surface area contributed by atoms with Crippen molar-refractivity contribution in [2.24, 2.45) is 5.92 Å². The zero-order valence-corrected chi connectivity index (χ0v) is 12.0. The lowest BCUT2D eigenvalue weighted by molar-refractivity contribution is -0.189. The van der Waals surface area contributed by atoms with E-state index in [1.165, 1.54) is 0 Å². The van der Waals surface area contributed by atoms with Gasteiger partial charge in [0.1, 0.15) is 0 Å². The molecule has 1 heterocycles. The van der Waals surface area contributed by atoms with Gasteiger partial charge in [-0.05, 0) is 47.1 Å². The number of hydrogen-bond donors (Lipinski definition) is 1. The molecule has 1 saturated heterocycles. The molecular formula is C13H23F3N2O. The average molecular weight is 280 g/mol. The van der Waals surface area contributed by atoms with Crippen LogP contribution in [0.5, 0.6) is 0 Å². The first-order chi connectivity index (χ1) is 8.50. The van der Waals surface area contributed by atoms with Crippen molar-refractivity contribution < 1.29 is 18.0 Å². The van der Waals surface area contributed by atoms with E-state index in [9.17, 15) is 18.0 Å². The Balaban J connectivity index is 2.62. The molecule has 0 aromatic carbocycles. The molecule has 1 fully saturated rings. The van der Waals surface area contributed by atoms with Crippen LogP contribution in [0.4, 0.5) is 13.2 Å².